The number of hydrogen-bond acceptors (Lipinski definition) is 4. The van der Waals surface area contributed by atoms with Gasteiger partial charge in [-0.1, -0.05) is 25.6 Å². The van der Waals surface area contributed by atoms with Gasteiger partial charge in [0.15, 0.2) is 5.16 Å². The summed E-state index contributed by atoms with van der Waals surface area (Å²) in [5.41, 5.74) is 0. The smallest absolute Gasteiger partial charge is 0.307 e. The standard InChI is InChI=1S/C9H15N3O2S/c1-5(8(13)14)6(2)15-9-11-10-7(3)12(9)4/h5-6H,1-4H3,(H,13,14). The zero-order chi connectivity index (χ0) is 11.6. The van der Waals surface area contributed by atoms with Crippen LogP contribution in [0.4, 0.5) is 0 Å². The average Bonchev–Trinajstić information content (AvgIpc) is 2.48. The zero-order valence-electron chi connectivity index (χ0n) is 9.26. The number of hydrogen-bond donors (Lipinski definition) is 1. The molecule has 0 fully saturated rings. The molecule has 2 unspecified atom stereocenters. The summed E-state index contributed by atoms with van der Waals surface area (Å²) in [6.07, 6.45) is 0. The van der Waals surface area contributed by atoms with Gasteiger partial charge in [-0.3, -0.25) is 4.79 Å². The molecule has 1 rings (SSSR count). The van der Waals surface area contributed by atoms with Gasteiger partial charge in [-0.05, 0) is 6.92 Å². The van der Waals surface area contributed by atoms with Crippen molar-refractivity contribution in [3.63, 3.8) is 0 Å². The predicted octanol–water partition coefficient (Wildman–Crippen LogP) is 1.32. The van der Waals surface area contributed by atoms with E-state index in [1.54, 1.807) is 6.92 Å². The average molecular weight is 229 g/mol. The van der Waals surface area contributed by atoms with Gasteiger partial charge in [0.05, 0.1) is 5.92 Å². The van der Waals surface area contributed by atoms with Crippen LogP contribution in [0.15, 0.2) is 5.16 Å². The number of nitrogens with zero attached hydrogens (tertiary/aromatic N) is 3. The lowest BCUT2D eigenvalue weighted by Gasteiger charge is -2.14. The fourth-order valence-corrected chi connectivity index (χ4v) is 1.99. The monoisotopic (exact) mass is 229 g/mol. The van der Waals surface area contributed by atoms with E-state index in [-0.39, 0.29) is 5.25 Å². The van der Waals surface area contributed by atoms with Crippen LogP contribution in [-0.4, -0.2) is 31.1 Å². The molecule has 1 aromatic rings. The maximum absolute atomic E-state index is 10.8. The minimum Gasteiger partial charge on any atom is -0.481 e. The zero-order valence-corrected chi connectivity index (χ0v) is 10.1. The first-order valence-electron chi connectivity index (χ1n) is 4.69. The molecule has 0 bridgehead atoms. The lowest BCUT2D eigenvalue weighted by atomic mass is 10.1. The molecule has 0 aliphatic heterocycles. The minimum absolute atomic E-state index is 0.0233. The van der Waals surface area contributed by atoms with Gasteiger partial charge in [0.25, 0.3) is 0 Å². The van der Waals surface area contributed by atoms with Crippen LogP contribution < -0.4 is 0 Å². The number of carboxylic acids is 1. The quantitative estimate of drug-likeness (QED) is 0.789. The van der Waals surface area contributed by atoms with Crippen molar-refractivity contribution in [2.75, 3.05) is 0 Å². The molecular weight excluding hydrogens is 214 g/mol. The summed E-state index contributed by atoms with van der Waals surface area (Å²) in [6.45, 7) is 5.44. The van der Waals surface area contributed by atoms with Gasteiger partial charge >= 0.3 is 5.97 Å². The Morgan fingerprint density at radius 3 is 2.47 bits per heavy atom. The van der Waals surface area contributed by atoms with E-state index in [0.717, 1.165) is 11.0 Å². The van der Waals surface area contributed by atoms with Gasteiger partial charge in [-0.25, -0.2) is 0 Å². The Balaban J connectivity index is 2.70. The number of carboxylic acid groups (broad SMARTS) is 1. The van der Waals surface area contributed by atoms with E-state index in [9.17, 15) is 4.79 Å². The van der Waals surface area contributed by atoms with E-state index in [0.29, 0.717) is 0 Å². The van der Waals surface area contributed by atoms with Crippen molar-refractivity contribution in [1.29, 1.82) is 0 Å². The second kappa shape index (κ2) is 4.65. The summed E-state index contributed by atoms with van der Waals surface area (Å²) in [4.78, 5) is 10.8. The van der Waals surface area contributed by atoms with Crippen molar-refractivity contribution in [3.05, 3.63) is 5.82 Å². The lowest BCUT2D eigenvalue weighted by molar-refractivity contribution is -0.140. The van der Waals surface area contributed by atoms with E-state index in [4.69, 9.17) is 5.11 Å². The van der Waals surface area contributed by atoms with Crippen LogP contribution in [0.2, 0.25) is 0 Å². The number of carbonyl (C=O) groups is 1. The topological polar surface area (TPSA) is 68.0 Å². The maximum atomic E-state index is 10.8. The third kappa shape index (κ3) is 2.71. The van der Waals surface area contributed by atoms with Gasteiger partial charge in [0.1, 0.15) is 5.82 Å². The van der Waals surface area contributed by atoms with Crippen molar-refractivity contribution < 1.29 is 9.90 Å². The number of rotatable bonds is 4. The van der Waals surface area contributed by atoms with Crippen LogP contribution in [0, 0.1) is 12.8 Å². The van der Waals surface area contributed by atoms with Gasteiger partial charge in [-0.2, -0.15) is 0 Å². The lowest BCUT2D eigenvalue weighted by Crippen LogP contribution is -2.20. The van der Waals surface area contributed by atoms with Crippen molar-refractivity contribution in [1.82, 2.24) is 14.8 Å². The first-order valence-corrected chi connectivity index (χ1v) is 5.57. The van der Waals surface area contributed by atoms with Gasteiger partial charge < -0.3 is 9.67 Å². The summed E-state index contributed by atoms with van der Waals surface area (Å²) >= 11 is 1.44. The summed E-state index contributed by atoms with van der Waals surface area (Å²) in [6, 6.07) is 0. The third-order valence-corrected chi connectivity index (χ3v) is 3.78. The third-order valence-electron chi connectivity index (χ3n) is 2.44. The first-order chi connectivity index (χ1) is 6.93. The van der Waals surface area contributed by atoms with Crippen molar-refractivity contribution >= 4 is 17.7 Å². The normalized spacial score (nSPS) is 14.9. The molecule has 15 heavy (non-hydrogen) atoms. The number of aliphatic carboxylic acids is 1. The Morgan fingerprint density at radius 2 is 2.07 bits per heavy atom. The van der Waals surface area contributed by atoms with Gasteiger partial charge in [0.2, 0.25) is 0 Å². The Morgan fingerprint density at radius 1 is 1.47 bits per heavy atom. The molecule has 0 saturated heterocycles. The van der Waals surface area contributed by atoms with E-state index in [1.165, 1.54) is 11.8 Å². The van der Waals surface area contributed by atoms with Crippen LogP contribution in [0.5, 0.6) is 0 Å². The Bertz CT molecular complexity index is 364. The van der Waals surface area contributed by atoms with Crippen molar-refractivity contribution in [2.45, 2.75) is 31.2 Å². The summed E-state index contributed by atoms with van der Waals surface area (Å²) in [7, 11) is 1.87. The highest BCUT2D eigenvalue weighted by Gasteiger charge is 2.22. The minimum atomic E-state index is -0.783. The molecular formula is C9H15N3O2S. The van der Waals surface area contributed by atoms with E-state index < -0.39 is 11.9 Å². The fourth-order valence-electron chi connectivity index (χ4n) is 0.959. The Kier molecular flexibility index (Phi) is 3.73. The van der Waals surface area contributed by atoms with Crippen LogP contribution in [-0.2, 0) is 11.8 Å². The van der Waals surface area contributed by atoms with Crippen LogP contribution in [0.3, 0.4) is 0 Å². The summed E-state index contributed by atoms with van der Waals surface area (Å²) in [5, 5.41) is 17.5. The van der Waals surface area contributed by atoms with Crippen LogP contribution >= 0.6 is 11.8 Å². The Hall–Kier alpha value is -1.04. The van der Waals surface area contributed by atoms with Crippen LogP contribution in [0.1, 0.15) is 19.7 Å². The molecule has 5 nitrogen and oxygen atoms in total. The van der Waals surface area contributed by atoms with Crippen molar-refractivity contribution in [3.8, 4) is 0 Å². The molecule has 0 radical (unpaired) electrons. The molecule has 1 heterocycles. The molecule has 0 saturated carbocycles. The highest BCUT2D eigenvalue weighted by Crippen LogP contribution is 2.26. The highest BCUT2D eigenvalue weighted by atomic mass is 32.2. The van der Waals surface area contributed by atoms with E-state index in [1.807, 2.05) is 25.5 Å². The summed E-state index contributed by atoms with van der Waals surface area (Å²) < 4.78 is 1.86. The predicted molar refractivity (Wildman–Crippen MR) is 57.9 cm³/mol. The second-order valence-corrected chi connectivity index (χ2v) is 4.88. The second-order valence-electron chi connectivity index (χ2n) is 3.54. The molecule has 6 heteroatoms. The largest absolute Gasteiger partial charge is 0.481 e. The molecule has 2 atom stereocenters. The number of aryl methyl sites for hydroxylation is 1. The summed E-state index contributed by atoms with van der Waals surface area (Å²) in [5.74, 6) is -0.353. The molecule has 0 aliphatic carbocycles. The van der Waals surface area contributed by atoms with Crippen LogP contribution in [0.25, 0.3) is 0 Å². The molecule has 0 amide bonds. The fraction of sp³-hybridized carbons (Fsp3) is 0.667. The molecule has 0 aromatic carbocycles. The molecule has 1 N–H and O–H groups in total. The highest BCUT2D eigenvalue weighted by molar-refractivity contribution is 7.99. The molecule has 0 aliphatic rings. The van der Waals surface area contributed by atoms with E-state index in [2.05, 4.69) is 10.2 Å². The van der Waals surface area contributed by atoms with Gasteiger partial charge in [0, 0.05) is 12.3 Å². The van der Waals surface area contributed by atoms with Crippen molar-refractivity contribution in [2.24, 2.45) is 13.0 Å². The molecule has 84 valence electrons. The number of aromatic nitrogens is 3. The van der Waals surface area contributed by atoms with E-state index >= 15 is 0 Å². The Labute approximate surface area is 92.9 Å². The first kappa shape index (κ1) is 12.0. The maximum Gasteiger partial charge on any atom is 0.307 e. The van der Waals surface area contributed by atoms with Gasteiger partial charge in [-0.15, -0.1) is 10.2 Å². The molecule has 0 spiro atoms. The SMILES string of the molecule is Cc1nnc(SC(C)C(C)C(=O)O)n1C. The molecule has 1 aromatic heterocycles. The number of thioether (sulfide) groups is 1.